The highest BCUT2D eigenvalue weighted by Gasteiger charge is 1.99. The second-order valence-electron chi connectivity index (χ2n) is 2.40. The van der Waals surface area contributed by atoms with Crippen LogP contribution in [0.5, 0.6) is 0 Å². The van der Waals surface area contributed by atoms with Gasteiger partial charge < -0.3 is 5.11 Å². The number of aromatic carboxylic acids is 1. The Morgan fingerprint density at radius 3 is 2.64 bits per heavy atom. The first-order valence-corrected chi connectivity index (χ1v) is 4.68. The van der Waals surface area contributed by atoms with Crippen LogP contribution in [0, 0.1) is 6.92 Å². The van der Waals surface area contributed by atoms with Crippen LogP contribution in [-0.4, -0.2) is 26.5 Å². The maximum Gasteiger partial charge on any atom is 0.345 e. The van der Waals surface area contributed by atoms with Crippen LogP contribution in [-0.2, 0) is 0 Å². The van der Waals surface area contributed by atoms with Gasteiger partial charge in [-0.3, -0.25) is 5.10 Å². The van der Waals surface area contributed by atoms with Gasteiger partial charge in [-0.25, -0.2) is 4.79 Å². The molecule has 0 saturated heterocycles. The zero-order valence-corrected chi connectivity index (χ0v) is 8.28. The molecule has 6 heteroatoms. The fourth-order valence-electron chi connectivity index (χ4n) is 0.659. The van der Waals surface area contributed by atoms with Gasteiger partial charge in [0, 0.05) is 6.20 Å². The van der Waals surface area contributed by atoms with E-state index >= 15 is 0 Å². The summed E-state index contributed by atoms with van der Waals surface area (Å²) in [6, 6.07) is 3.29. The second-order valence-corrected chi connectivity index (χ2v) is 3.34. The molecule has 0 aromatic carbocycles. The maximum absolute atomic E-state index is 10.1. The fourth-order valence-corrected chi connectivity index (χ4v) is 1.22. The number of aromatic nitrogens is 3. The molecule has 2 rings (SSSR count). The van der Waals surface area contributed by atoms with Gasteiger partial charge in [0.25, 0.3) is 0 Å². The minimum absolute atomic E-state index is 0.394. The molecule has 0 atom stereocenters. The van der Waals surface area contributed by atoms with E-state index in [1.165, 1.54) is 11.3 Å². The Morgan fingerprint density at radius 2 is 2.43 bits per heavy atom. The van der Waals surface area contributed by atoms with Crippen LogP contribution < -0.4 is 0 Å². The zero-order valence-electron chi connectivity index (χ0n) is 7.47. The molecule has 0 amide bonds. The van der Waals surface area contributed by atoms with Gasteiger partial charge in [-0.05, 0) is 18.4 Å². The molecular formula is C8H9N3O2S. The zero-order chi connectivity index (χ0) is 10.4. The molecule has 2 N–H and O–H groups in total. The van der Waals surface area contributed by atoms with E-state index in [-0.39, 0.29) is 0 Å². The molecule has 0 aliphatic rings. The molecule has 0 spiro atoms. The van der Waals surface area contributed by atoms with Crippen LogP contribution >= 0.6 is 11.3 Å². The average Bonchev–Trinajstić information content (AvgIpc) is 2.75. The summed E-state index contributed by atoms with van der Waals surface area (Å²) in [7, 11) is 0. The number of hydrogen-bond acceptors (Lipinski definition) is 4. The summed E-state index contributed by atoms with van der Waals surface area (Å²) >= 11 is 1.23. The number of rotatable bonds is 1. The topological polar surface area (TPSA) is 78.9 Å². The summed E-state index contributed by atoms with van der Waals surface area (Å²) in [6.45, 7) is 1.88. The van der Waals surface area contributed by atoms with E-state index in [0.29, 0.717) is 4.88 Å². The molecular weight excluding hydrogens is 202 g/mol. The van der Waals surface area contributed by atoms with Crippen molar-refractivity contribution in [2.24, 2.45) is 0 Å². The molecule has 0 fully saturated rings. The first-order valence-electron chi connectivity index (χ1n) is 3.80. The highest BCUT2D eigenvalue weighted by Crippen LogP contribution is 2.06. The van der Waals surface area contributed by atoms with Gasteiger partial charge in [-0.1, -0.05) is 11.3 Å². The van der Waals surface area contributed by atoms with E-state index in [9.17, 15) is 4.79 Å². The van der Waals surface area contributed by atoms with E-state index in [4.69, 9.17) is 5.11 Å². The van der Waals surface area contributed by atoms with Crippen LogP contribution in [0.15, 0.2) is 23.7 Å². The van der Waals surface area contributed by atoms with E-state index in [2.05, 4.69) is 15.4 Å². The SMILES string of the molecule is Cc1c[nH]nn1.O=C(O)c1cccs1. The summed E-state index contributed by atoms with van der Waals surface area (Å²) in [5.41, 5.74) is 0.926. The normalized spacial score (nSPS) is 8.93. The first-order chi connectivity index (χ1) is 6.70. The monoisotopic (exact) mass is 211 g/mol. The highest BCUT2D eigenvalue weighted by atomic mass is 32.1. The number of hydrogen-bond donors (Lipinski definition) is 2. The van der Waals surface area contributed by atoms with Crippen molar-refractivity contribution in [3.63, 3.8) is 0 Å². The smallest absolute Gasteiger partial charge is 0.345 e. The third-order valence-electron chi connectivity index (χ3n) is 1.27. The van der Waals surface area contributed by atoms with Crippen molar-refractivity contribution in [1.82, 2.24) is 15.4 Å². The Balaban J connectivity index is 0.000000146. The highest BCUT2D eigenvalue weighted by molar-refractivity contribution is 7.11. The third kappa shape index (κ3) is 3.36. The predicted octanol–water partition coefficient (Wildman–Crippen LogP) is 1.56. The van der Waals surface area contributed by atoms with Crippen molar-refractivity contribution in [2.45, 2.75) is 6.92 Å². The van der Waals surface area contributed by atoms with Crippen molar-refractivity contribution >= 4 is 17.3 Å². The predicted molar refractivity (Wildman–Crippen MR) is 52.4 cm³/mol. The lowest BCUT2D eigenvalue weighted by molar-refractivity contribution is 0.0702. The Morgan fingerprint density at radius 1 is 1.64 bits per heavy atom. The lowest BCUT2D eigenvalue weighted by Crippen LogP contribution is -1.89. The molecule has 2 aromatic heterocycles. The van der Waals surface area contributed by atoms with Crippen LogP contribution in [0.4, 0.5) is 0 Å². The van der Waals surface area contributed by atoms with Crippen molar-refractivity contribution in [1.29, 1.82) is 0 Å². The minimum Gasteiger partial charge on any atom is -0.477 e. The Hall–Kier alpha value is -1.69. The summed E-state index contributed by atoms with van der Waals surface area (Å²) < 4.78 is 0. The lowest BCUT2D eigenvalue weighted by Gasteiger charge is -1.78. The number of aromatic amines is 1. The standard InChI is InChI=1S/C5H4O2S.C3H5N3/c6-5(7)4-2-1-3-8-4;1-3-2-4-6-5-3/h1-3H,(H,6,7);2H,1H3,(H,4,5,6). The third-order valence-corrected chi connectivity index (χ3v) is 2.13. The largest absolute Gasteiger partial charge is 0.477 e. The quantitative estimate of drug-likeness (QED) is 0.750. The molecule has 0 aliphatic heterocycles. The summed E-state index contributed by atoms with van der Waals surface area (Å²) in [5, 5.41) is 19.6. The van der Waals surface area contributed by atoms with Crippen molar-refractivity contribution in [2.75, 3.05) is 0 Å². The fraction of sp³-hybridized carbons (Fsp3) is 0.125. The van der Waals surface area contributed by atoms with E-state index in [1.54, 1.807) is 23.7 Å². The molecule has 0 radical (unpaired) electrons. The molecule has 2 aromatic rings. The second kappa shape index (κ2) is 5.13. The maximum atomic E-state index is 10.1. The molecule has 0 saturated carbocycles. The minimum atomic E-state index is -0.847. The van der Waals surface area contributed by atoms with Gasteiger partial charge in [0.05, 0.1) is 5.69 Å². The number of carbonyl (C=O) groups is 1. The van der Waals surface area contributed by atoms with Gasteiger partial charge in [0.1, 0.15) is 4.88 Å². The Bertz CT molecular complexity index is 369. The van der Waals surface area contributed by atoms with Gasteiger partial charge in [0.15, 0.2) is 0 Å². The number of nitrogens with zero attached hydrogens (tertiary/aromatic N) is 2. The van der Waals surface area contributed by atoms with Gasteiger partial charge in [-0.2, -0.15) is 0 Å². The molecule has 0 unspecified atom stereocenters. The number of carboxylic acids is 1. The van der Waals surface area contributed by atoms with Crippen molar-refractivity contribution in [3.05, 3.63) is 34.3 Å². The summed E-state index contributed by atoms with van der Waals surface area (Å²) in [5.74, 6) is -0.847. The van der Waals surface area contributed by atoms with Gasteiger partial charge >= 0.3 is 5.97 Å². The molecule has 0 aliphatic carbocycles. The number of nitrogens with one attached hydrogen (secondary N) is 1. The van der Waals surface area contributed by atoms with Crippen LogP contribution in [0.1, 0.15) is 15.4 Å². The number of thiophene rings is 1. The number of H-pyrrole nitrogens is 1. The molecule has 0 bridgehead atoms. The van der Waals surface area contributed by atoms with Crippen molar-refractivity contribution in [3.8, 4) is 0 Å². The first kappa shape index (κ1) is 10.4. The summed E-state index contributed by atoms with van der Waals surface area (Å²) in [4.78, 5) is 10.5. The lowest BCUT2D eigenvalue weighted by atomic mass is 10.5. The Labute approximate surface area is 84.4 Å². The van der Waals surface area contributed by atoms with Gasteiger partial charge in [-0.15, -0.1) is 16.4 Å². The van der Waals surface area contributed by atoms with Gasteiger partial charge in [0.2, 0.25) is 0 Å². The van der Waals surface area contributed by atoms with E-state index in [1.807, 2.05) is 6.92 Å². The van der Waals surface area contributed by atoms with E-state index in [0.717, 1.165) is 5.69 Å². The molecule has 2 heterocycles. The average molecular weight is 211 g/mol. The van der Waals surface area contributed by atoms with Crippen LogP contribution in [0.3, 0.4) is 0 Å². The van der Waals surface area contributed by atoms with Crippen LogP contribution in [0.2, 0.25) is 0 Å². The number of aryl methyl sites for hydroxylation is 1. The van der Waals surface area contributed by atoms with Crippen LogP contribution in [0.25, 0.3) is 0 Å². The van der Waals surface area contributed by atoms with E-state index < -0.39 is 5.97 Å². The Kier molecular flexibility index (Phi) is 3.81. The number of carboxylic acid groups (broad SMARTS) is 1. The van der Waals surface area contributed by atoms with Crippen molar-refractivity contribution < 1.29 is 9.90 Å². The molecule has 5 nitrogen and oxygen atoms in total. The molecule has 14 heavy (non-hydrogen) atoms. The molecule has 74 valence electrons. The summed E-state index contributed by atoms with van der Waals surface area (Å²) in [6.07, 6.45) is 1.74.